The highest BCUT2D eigenvalue weighted by molar-refractivity contribution is 5.82. The first-order valence-corrected chi connectivity index (χ1v) is 21.1. The summed E-state index contributed by atoms with van der Waals surface area (Å²) in [6.45, 7) is 3.13. The SMILES string of the molecule is Cc1ccccc1C(N)CCNc1nc(-c2ccncc2)c(-c2ccc(F)cc2)c(=O)n1C.Cn1c(NCC[C@H](N)c2ccccc2)nc(-c2ccncc2)c(-c2ccc(F)cc2)c1=O. The molecule has 2 atom stereocenters. The minimum absolute atomic E-state index is 0.126. The molecule has 4 heterocycles. The first kappa shape index (κ1) is 45.3. The van der Waals surface area contributed by atoms with Crippen LogP contribution in [0.5, 0.6) is 0 Å². The Morgan fingerprint density at radius 2 is 0.954 bits per heavy atom. The zero-order chi connectivity index (χ0) is 45.9. The van der Waals surface area contributed by atoms with Gasteiger partial charge in [0.15, 0.2) is 0 Å². The standard InChI is InChI=1S/C26H26FN5O.C25H24FN5O/c1-17-5-3-4-6-21(17)22(28)13-16-30-26-31-24(19-11-14-29-15-12-19)23(25(33)32(26)2)18-7-9-20(27)10-8-18;1-31-24(32)22(18-7-9-20(26)10-8-18)23(19-11-14-28-15-12-19)30-25(31)29-16-13-21(27)17-5-3-2-4-6-17/h3-12,14-15,22H,13,16,28H2,1-2H3,(H,30,31);2-12,14-15,21H,13,16,27H2,1H3,(H,29,30)/t;21-/m.0/s1. The van der Waals surface area contributed by atoms with Gasteiger partial charge in [-0.2, -0.15) is 0 Å². The first-order chi connectivity index (χ1) is 31.5. The molecule has 0 saturated carbocycles. The molecule has 14 heteroatoms. The van der Waals surface area contributed by atoms with Crippen LogP contribution in [0, 0.1) is 18.6 Å². The van der Waals surface area contributed by atoms with E-state index in [1.54, 1.807) is 87.4 Å². The number of pyridine rings is 2. The number of hydrogen-bond acceptors (Lipinski definition) is 10. The molecule has 65 heavy (non-hydrogen) atoms. The van der Waals surface area contributed by atoms with E-state index in [0.717, 1.165) is 27.8 Å². The van der Waals surface area contributed by atoms with Gasteiger partial charge in [0.25, 0.3) is 11.1 Å². The van der Waals surface area contributed by atoms with Crippen molar-refractivity contribution in [1.82, 2.24) is 29.1 Å². The van der Waals surface area contributed by atoms with Crippen molar-refractivity contribution < 1.29 is 8.78 Å². The van der Waals surface area contributed by atoms with Crippen molar-refractivity contribution in [3.63, 3.8) is 0 Å². The predicted octanol–water partition coefficient (Wildman–Crippen LogP) is 8.61. The Kier molecular flexibility index (Phi) is 14.7. The van der Waals surface area contributed by atoms with Crippen molar-refractivity contribution in [2.45, 2.75) is 31.8 Å². The summed E-state index contributed by atoms with van der Waals surface area (Å²) in [6.07, 6.45) is 7.94. The van der Waals surface area contributed by atoms with Gasteiger partial charge >= 0.3 is 0 Å². The Morgan fingerprint density at radius 3 is 1.40 bits per heavy atom. The first-order valence-electron chi connectivity index (χ1n) is 21.1. The molecule has 6 N–H and O–H groups in total. The maximum Gasteiger partial charge on any atom is 0.263 e. The molecule has 12 nitrogen and oxygen atoms in total. The van der Waals surface area contributed by atoms with Gasteiger partial charge in [0.1, 0.15) is 11.6 Å². The summed E-state index contributed by atoms with van der Waals surface area (Å²) >= 11 is 0. The van der Waals surface area contributed by atoms with E-state index in [4.69, 9.17) is 21.4 Å². The fourth-order valence-electron chi connectivity index (χ4n) is 7.42. The van der Waals surface area contributed by atoms with Crippen LogP contribution in [0.15, 0.2) is 162 Å². The minimum Gasteiger partial charge on any atom is -0.355 e. The molecule has 0 aliphatic heterocycles. The molecule has 0 fully saturated rings. The van der Waals surface area contributed by atoms with E-state index in [1.165, 1.54) is 33.4 Å². The Bertz CT molecular complexity index is 2950. The highest BCUT2D eigenvalue weighted by Gasteiger charge is 2.20. The molecule has 0 bridgehead atoms. The lowest BCUT2D eigenvalue weighted by atomic mass is 10.00. The smallest absolute Gasteiger partial charge is 0.263 e. The minimum atomic E-state index is -0.364. The number of halogens is 2. The van der Waals surface area contributed by atoms with Gasteiger partial charge in [0.05, 0.1) is 22.5 Å². The average molecular weight is 873 g/mol. The summed E-state index contributed by atoms with van der Waals surface area (Å²) in [5.41, 5.74) is 20.1. The van der Waals surface area contributed by atoms with Crippen LogP contribution < -0.4 is 33.2 Å². The van der Waals surface area contributed by atoms with Crippen molar-refractivity contribution in [3.8, 4) is 44.8 Å². The van der Waals surface area contributed by atoms with Crippen molar-refractivity contribution in [2.24, 2.45) is 25.6 Å². The van der Waals surface area contributed by atoms with Crippen LogP contribution in [0.1, 0.15) is 41.6 Å². The lowest BCUT2D eigenvalue weighted by Crippen LogP contribution is -2.26. The molecule has 0 aliphatic rings. The number of hydrogen-bond donors (Lipinski definition) is 4. The summed E-state index contributed by atoms with van der Waals surface area (Å²) in [5.74, 6) is 0.150. The van der Waals surface area contributed by atoms with Gasteiger partial charge in [-0.05, 0) is 96.1 Å². The number of aryl methyl sites for hydroxylation is 1. The van der Waals surface area contributed by atoms with Gasteiger partial charge in [-0.1, -0.05) is 78.9 Å². The van der Waals surface area contributed by atoms with Crippen LogP contribution in [0.2, 0.25) is 0 Å². The van der Waals surface area contributed by atoms with Crippen LogP contribution >= 0.6 is 0 Å². The number of anilines is 2. The molecular weight excluding hydrogens is 823 g/mol. The van der Waals surface area contributed by atoms with Gasteiger partial charge in [0, 0.05) is 75.2 Å². The average Bonchev–Trinajstić information content (AvgIpc) is 3.33. The van der Waals surface area contributed by atoms with E-state index in [2.05, 4.69) is 20.6 Å². The van der Waals surface area contributed by atoms with E-state index in [-0.39, 0.29) is 34.8 Å². The van der Waals surface area contributed by atoms with Crippen LogP contribution in [-0.2, 0) is 14.1 Å². The largest absolute Gasteiger partial charge is 0.355 e. The zero-order valence-corrected chi connectivity index (χ0v) is 36.3. The Hall–Kier alpha value is -7.68. The van der Waals surface area contributed by atoms with E-state index in [1.807, 2.05) is 61.5 Å². The van der Waals surface area contributed by atoms with Crippen molar-refractivity contribution in [1.29, 1.82) is 0 Å². The van der Waals surface area contributed by atoms with Crippen molar-refractivity contribution in [2.75, 3.05) is 23.7 Å². The number of nitrogens with zero attached hydrogens (tertiary/aromatic N) is 6. The summed E-state index contributed by atoms with van der Waals surface area (Å²) < 4.78 is 29.9. The second-order valence-electron chi connectivity index (χ2n) is 15.4. The lowest BCUT2D eigenvalue weighted by Gasteiger charge is -2.18. The lowest BCUT2D eigenvalue weighted by molar-refractivity contribution is 0.627. The third-order valence-electron chi connectivity index (χ3n) is 11.0. The topological polar surface area (TPSA) is 172 Å². The van der Waals surface area contributed by atoms with E-state index < -0.39 is 0 Å². The molecule has 0 spiro atoms. The second kappa shape index (κ2) is 21.1. The van der Waals surface area contributed by atoms with Crippen molar-refractivity contribution >= 4 is 11.9 Å². The second-order valence-corrected chi connectivity index (χ2v) is 15.4. The molecule has 0 radical (unpaired) electrons. The van der Waals surface area contributed by atoms with Crippen LogP contribution in [0.4, 0.5) is 20.7 Å². The highest BCUT2D eigenvalue weighted by atomic mass is 19.1. The normalized spacial score (nSPS) is 11.9. The summed E-state index contributed by atoms with van der Waals surface area (Å²) in [7, 11) is 3.33. The Balaban J connectivity index is 0.000000194. The summed E-state index contributed by atoms with van der Waals surface area (Å²) in [4.78, 5) is 44.4. The molecule has 0 amide bonds. The number of nitrogens with two attached hydrogens (primary N) is 2. The van der Waals surface area contributed by atoms with E-state index in [0.29, 0.717) is 71.5 Å². The molecule has 8 rings (SSSR count). The molecule has 4 aromatic heterocycles. The van der Waals surface area contributed by atoms with Gasteiger partial charge < -0.3 is 22.1 Å². The number of nitrogens with one attached hydrogen (secondary N) is 2. The summed E-state index contributed by atoms with van der Waals surface area (Å²) in [5, 5.41) is 6.52. The van der Waals surface area contributed by atoms with Crippen molar-refractivity contribution in [3.05, 3.63) is 201 Å². The molecule has 330 valence electrons. The van der Waals surface area contributed by atoms with E-state index >= 15 is 0 Å². The highest BCUT2D eigenvalue weighted by Crippen LogP contribution is 2.31. The fraction of sp³-hybridized carbons (Fsp3) is 0.176. The molecule has 4 aromatic carbocycles. The molecule has 8 aromatic rings. The monoisotopic (exact) mass is 872 g/mol. The van der Waals surface area contributed by atoms with Gasteiger partial charge in [-0.15, -0.1) is 0 Å². The fourth-order valence-corrected chi connectivity index (χ4v) is 7.42. The van der Waals surface area contributed by atoms with Gasteiger partial charge in [-0.3, -0.25) is 28.7 Å². The molecule has 1 unspecified atom stereocenters. The number of benzene rings is 4. The van der Waals surface area contributed by atoms with Crippen LogP contribution in [0.25, 0.3) is 44.8 Å². The summed E-state index contributed by atoms with van der Waals surface area (Å²) in [6, 6.07) is 36.6. The van der Waals surface area contributed by atoms with Gasteiger partial charge in [0.2, 0.25) is 11.9 Å². The Labute approximate surface area is 375 Å². The van der Waals surface area contributed by atoms with Crippen LogP contribution in [0.3, 0.4) is 0 Å². The molecule has 0 saturated heterocycles. The van der Waals surface area contributed by atoms with Gasteiger partial charge in [-0.25, -0.2) is 18.7 Å². The molecular formula is C51H50F2N10O2. The van der Waals surface area contributed by atoms with E-state index in [9.17, 15) is 18.4 Å². The Morgan fingerprint density at radius 1 is 0.538 bits per heavy atom. The number of rotatable bonds is 14. The number of aromatic nitrogens is 6. The third-order valence-corrected chi connectivity index (χ3v) is 11.0. The maximum atomic E-state index is 13.5. The quantitative estimate of drug-likeness (QED) is 0.0830. The predicted molar refractivity (Wildman–Crippen MR) is 254 cm³/mol. The van der Waals surface area contributed by atoms with Crippen LogP contribution in [-0.4, -0.2) is 42.2 Å². The zero-order valence-electron chi connectivity index (χ0n) is 36.3. The molecule has 0 aliphatic carbocycles. The maximum absolute atomic E-state index is 13.5. The third kappa shape index (κ3) is 10.9.